The van der Waals surface area contributed by atoms with Crippen molar-refractivity contribution in [3.05, 3.63) is 72.3 Å². The number of primary amides is 1. The molecule has 0 bridgehead atoms. The Balaban J connectivity index is 1.29. The van der Waals surface area contributed by atoms with Crippen LogP contribution in [0.25, 0.3) is 10.9 Å². The lowest BCUT2D eigenvalue weighted by molar-refractivity contribution is -0.204. The summed E-state index contributed by atoms with van der Waals surface area (Å²) in [7, 11) is 5.70. The Morgan fingerprint density at radius 2 is 1.84 bits per heavy atom. The number of carbonyl (C=O) groups is 1. The van der Waals surface area contributed by atoms with E-state index in [-0.39, 0.29) is 35.0 Å². The molecule has 10 nitrogen and oxygen atoms in total. The molecule has 2 aromatic carbocycles. The van der Waals surface area contributed by atoms with Crippen LogP contribution in [-0.4, -0.2) is 58.8 Å². The second kappa shape index (κ2) is 10.2. The number of aromatic nitrogens is 3. The number of nitrogens with two attached hydrogens (primary N) is 1. The van der Waals surface area contributed by atoms with E-state index in [1.807, 2.05) is 50.5 Å². The fourth-order valence-corrected chi connectivity index (χ4v) is 4.43. The number of para-hydroxylation sites is 1. The maximum atomic E-state index is 14.6. The summed E-state index contributed by atoms with van der Waals surface area (Å²) >= 11 is 0. The van der Waals surface area contributed by atoms with Gasteiger partial charge in [-0.1, -0.05) is 18.2 Å². The van der Waals surface area contributed by atoms with Crippen molar-refractivity contribution < 1.29 is 18.7 Å². The van der Waals surface area contributed by atoms with Gasteiger partial charge < -0.3 is 25.8 Å². The first-order chi connectivity index (χ1) is 18.3. The van der Waals surface area contributed by atoms with Crippen LogP contribution >= 0.6 is 0 Å². The second-order valence-corrected chi connectivity index (χ2v) is 9.30. The van der Waals surface area contributed by atoms with Crippen LogP contribution in [0.5, 0.6) is 5.75 Å². The lowest BCUT2D eigenvalue weighted by Gasteiger charge is -2.50. The summed E-state index contributed by atoms with van der Waals surface area (Å²) in [4.78, 5) is 26.6. The van der Waals surface area contributed by atoms with Crippen molar-refractivity contribution in [1.82, 2.24) is 19.9 Å². The number of methoxy groups -OCH3 is 1. The molecule has 196 valence electrons. The molecule has 0 aliphatic heterocycles. The van der Waals surface area contributed by atoms with E-state index in [4.69, 9.17) is 15.2 Å². The maximum Gasteiger partial charge on any atom is 0.269 e. The number of ether oxygens (including phenoxy) is 2. The van der Waals surface area contributed by atoms with E-state index in [0.717, 1.165) is 30.2 Å². The molecule has 1 amide bonds. The molecule has 1 aliphatic carbocycles. The molecule has 0 unspecified atom stereocenters. The van der Waals surface area contributed by atoms with Crippen LogP contribution in [0.4, 0.5) is 27.5 Å². The first-order valence-corrected chi connectivity index (χ1v) is 12.0. The summed E-state index contributed by atoms with van der Waals surface area (Å²) in [5.41, 5.74) is 6.74. The third-order valence-corrected chi connectivity index (χ3v) is 6.66. The standard InChI is InChI=1S/C27H28FN7O3/c1-35(2)27(37-3)13-19(14-27)38-18-10-8-17(9-11-18)31-26-30-15-20(28)25(34-26)33-22-12-16-6-4-5-7-21(16)32-23(22)24(29)36/h4-12,15,19H,13-14H2,1-3H3,(H2,29,36)(H2,30,31,33,34). The van der Waals surface area contributed by atoms with Gasteiger partial charge in [-0.15, -0.1) is 0 Å². The number of nitrogens with one attached hydrogen (secondary N) is 2. The highest BCUT2D eigenvalue weighted by Gasteiger charge is 2.48. The zero-order valence-electron chi connectivity index (χ0n) is 21.2. The Labute approximate surface area is 219 Å². The summed E-state index contributed by atoms with van der Waals surface area (Å²) in [6.45, 7) is 0. The molecule has 1 aliphatic rings. The number of anilines is 4. The number of amides is 1. The fraction of sp³-hybridized carbons (Fsp3) is 0.259. The van der Waals surface area contributed by atoms with Crippen molar-refractivity contribution in [2.75, 3.05) is 31.8 Å². The highest BCUT2D eigenvalue weighted by molar-refractivity contribution is 6.00. The van der Waals surface area contributed by atoms with E-state index in [2.05, 4.69) is 30.5 Å². The largest absolute Gasteiger partial charge is 0.490 e. The Kier molecular flexibility index (Phi) is 6.79. The van der Waals surface area contributed by atoms with Crippen molar-refractivity contribution in [2.24, 2.45) is 5.73 Å². The van der Waals surface area contributed by atoms with E-state index >= 15 is 0 Å². The number of pyridine rings is 1. The van der Waals surface area contributed by atoms with Crippen LogP contribution in [0.2, 0.25) is 0 Å². The van der Waals surface area contributed by atoms with Crippen LogP contribution < -0.4 is 21.1 Å². The molecule has 0 radical (unpaired) electrons. The Morgan fingerprint density at radius 3 is 2.53 bits per heavy atom. The predicted octanol–water partition coefficient (Wildman–Crippen LogP) is 4.20. The molecule has 1 saturated carbocycles. The minimum Gasteiger partial charge on any atom is -0.490 e. The van der Waals surface area contributed by atoms with Gasteiger partial charge in [0.05, 0.1) is 17.4 Å². The smallest absolute Gasteiger partial charge is 0.269 e. The predicted molar refractivity (Wildman–Crippen MR) is 142 cm³/mol. The van der Waals surface area contributed by atoms with Crippen molar-refractivity contribution in [1.29, 1.82) is 0 Å². The van der Waals surface area contributed by atoms with Gasteiger partial charge in [-0.3, -0.25) is 9.69 Å². The lowest BCUT2D eigenvalue weighted by Crippen LogP contribution is -2.59. The molecule has 2 heterocycles. The minimum absolute atomic E-state index is 0.0217. The van der Waals surface area contributed by atoms with Gasteiger partial charge in [-0.25, -0.2) is 14.4 Å². The lowest BCUT2D eigenvalue weighted by atomic mass is 9.83. The number of fused-ring (bicyclic) bond motifs is 1. The third-order valence-electron chi connectivity index (χ3n) is 6.66. The average molecular weight is 518 g/mol. The van der Waals surface area contributed by atoms with Crippen molar-refractivity contribution in [2.45, 2.75) is 24.7 Å². The monoisotopic (exact) mass is 517 g/mol. The van der Waals surface area contributed by atoms with Gasteiger partial charge in [0.15, 0.2) is 17.3 Å². The molecule has 4 N–H and O–H groups in total. The Morgan fingerprint density at radius 1 is 1.11 bits per heavy atom. The maximum absolute atomic E-state index is 14.6. The van der Waals surface area contributed by atoms with E-state index in [1.165, 1.54) is 0 Å². The quantitative estimate of drug-likeness (QED) is 0.280. The summed E-state index contributed by atoms with van der Waals surface area (Å²) in [6, 6.07) is 16.2. The van der Waals surface area contributed by atoms with Crippen LogP contribution in [0.1, 0.15) is 23.3 Å². The highest BCUT2D eigenvalue weighted by Crippen LogP contribution is 2.39. The van der Waals surface area contributed by atoms with E-state index in [1.54, 1.807) is 25.3 Å². The number of rotatable bonds is 9. The number of nitrogens with zero attached hydrogens (tertiary/aromatic N) is 4. The average Bonchev–Trinajstić information content (AvgIpc) is 2.88. The van der Waals surface area contributed by atoms with Gasteiger partial charge >= 0.3 is 0 Å². The SMILES string of the molecule is COC1(N(C)C)CC(Oc2ccc(Nc3ncc(F)c(Nc4cc5ccccc5nc4C(N)=O)n3)cc2)C1. The van der Waals surface area contributed by atoms with Crippen molar-refractivity contribution in [3.63, 3.8) is 0 Å². The van der Waals surface area contributed by atoms with Crippen molar-refractivity contribution in [3.8, 4) is 5.75 Å². The Bertz CT molecular complexity index is 1470. The van der Waals surface area contributed by atoms with Gasteiger partial charge in [-0.2, -0.15) is 4.98 Å². The minimum atomic E-state index is -0.745. The number of benzene rings is 2. The zero-order chi connectivity index (χ0) is 26.9. The molecule has 5 rings (SSSR count). The number of hydrogen-bond acceptors (Lipinski definition) is 9. The zero-order valence-corrected chi connectivity index (χ0v) is 21.2. The van der Waals surface area contributed by atoms with Crippen LogP contribution in [0.15, 0.2) is 60.8 Å². The molecular formula is C27H28FN7O3. The van der Waals surface area contributed by atoms with Gasteiger partial charge in [-0.05, 0) is 50.5 Å². The van der Waals surface area contributed by atoms with Crippen LogP contribution in [0, 0.1) is 5.82 Å². The van der Waals surface area contributed by atoms with Crippen molar-refractivity contribution >= 4 is 40.0 Å². The Hall–Kier alpha value is -4.35. The normalized spacial score (nSPS) is 18.7. The molecule has 2 aromatic heterocycles. The van der Waals surface area contributed by atoms with Gasteiger partial charge in [0.25, 0.3) is 5.91 Å². The molecule has 0 spiro atoms. The summed E-state index contributed by atoms with van der Waals surface area (Å²) in [5.74, 6) is -0.686. The third kappa shape index (κ3) is 5.06. The first kappa shape index (κ1) is 25.3. The van der Waals surface area contributed by atoms with Gasteiger partial charge in [0, 0.05) is 31.0 Å². The van der Waals surface area contributed by atoms with E-state index in [0.29, 0.717) is 11.2 Å². The second-order valence-electron chi connectivity index (χ2n) is 9.30. The van der Waals surface area contributed by atoms with Gasteiger partial charge in [0.2, 0.25) is 5.95 Å². The first-order valence-electron chi connectivity index (χ1n) is 12.0. The topological polar surface area (TPSA) is 128 Å². The number of halogens is 1. The molecule has 0 saturated heterocycles. The number of carbonyl (C=O) groups excluding carboxylic acids is 1. The van der Waals surface area contributed by atoms with E-state index in [9.17, 15) is 9.18 Å². The molecule has 1 fully saturated rings. The molecule has 11 heteroatoms. The molecular weight excluding hydrogens is 489 g/mol. The fourth-order valence-electron chi connectivity index (χ4n) is 4.43. The highest BCUT2D eigenvalue weighted by atomic mass is 19.1. The summed E-state index contributed by atoms with van der Waals surface area (Å²) in [6.07, 6.45) is 2.66. The van der Waals surface area contributed by atoms with Gasteiger partial charge in [0.1, 0.15) is 17.6 Å². The molecule has 0 atom stereocenters. The molecule has 38 heavy (non-hydrogen) atoms. The van der Waals surface area contributed by atoms with Crippen LogP contribution in [-0.2, 0) is 4.74 Å². The summed E-state index contributed by atoms with van der Waals surface area (Å²) < 4.78 is 26.3. The van der Waals surface area contributed by atoms with Crippen LogP contribution in [0.3, 0.4) is 0 Å². The van der Waals surface area contributed by atoms with E-state index < -0.39 is 11.7 Å². The number of hydrogen-bond donors (Lipinski definition) is 3. The molecule has 4 aromatic rings. The summed E-state index contributed by atoms with van der Waals surface area (Å²) in [5, 5.41) is 6.65.